The number of nitrogens with zero attached hydrogens (tertiary/aromatic N) is 3. The van der Waals surface area contributed by atoms with Gasteiger partial charge in [0.25, 0.3) is 0 Å². The van der Waals surface area contributed by atoms with E-state index in [1.54, 1.807) is 7.05 Å². The lowest BCUT2D eigenvalue weighted by Crippen LogP contribution is -2.25. The summed E-state index contributed by atoms with van der Waals surface area (Å²) >= 11 is 0. The van der Waals surface area contributed by atoms with Crippen LogP contribution >= 0.6 is 0 Å². The number of carbonyl (C=O) groups excluding carboxylic acids is 2. The second-order valence-corrected chi connectivity index (χ2v) is 7.53. The molecular formula is C23H21N3O2. The largest absolute Gasteiger partial charge is 0.342 e. The first-order valence-electron chi connectivity index (χ1n) is 9.41. The predicted molar refractivity (Wildman–Crippen MR) is 110 cm³/mol. The molecule has 2 amide bonds. The van der Waals surface area contributed by atoms with Crippen LogP contribution in [0.3, 0.4) is 0 Å². The lowest BCUT2D eigenvalue weighted by molar-refractivity contribution is -0.137. The van der Waals surface area contributed by atoms with Crippen LogP contribution in [-0.4, -0.2) is 32.9 Å². The van der Waals surface area contributed by atoms with E-state index in [-0.39, 0.29) is 18.2 Å². The van der Waals surface area contributed by atoms with Crippen molar-refractivity contribution >= 4 is 33.6 Å². The summed E-state index contributed by atoms with van der Waals surface area (Å²) < 4.78 is 4.31. The van der Waals surface area contributed by atoms with Crippen LogP contribution in [-0.2, 0) is 23.7 Å². The molecule has 1 aliphatic rings. The molecule has 1 fully saturated rings. The van der Waals surface area contributed by atoms with Crippen molar-refractivity contribution in [1.82, 2.24) is 14.0 Å². The Balaban J connectivity index is 1.86. The molecule has 140 valence electrons. The Morgan fingerprint density at radius 3 is 2.21 bits per heavy atom. The molecular weight excluding hydrogens is 350 g/mol. The third kappa shape index (κ3) is 2.13. The number of imide groups is 1. The van der Waals surface area contributed by atoms with E-state index in [1.807, 2.05) is 44.4 Å². The first kappa shape index (κ1) is 16.8. The van der Waals surface area contributed by atoms with Crippen LogP contribution in [0.1, 0.15) is 17.9 Å². The van der Waals surface area contributed by atoms with E-state index in [4.69, 9.17) is 0 Å². The van der Waals surface area contributed by atoms with Crippen LogP contribution in [0.5, 0.6) is 0 Å². The number of hydrogen-bond donors (Lipinski definition) is 0. The van der Waals surface area contributed by atoms with Gasteiger partial charge in [-0.15, -0.1) is 0 Å². The van der Waals surface area contributed by atoms with Gasteiger partial charge in [-0.2, -0.15) is 0 Å². The fraction of sp³-hybridized carbons (Fsp3) is 0.217. The number of para-hydroxylation sites is 2. The molecule has 0 aliphatic carbocycles. The second kappa shape index (κ2) is 5.83. The first-order chi connectivity index (χ1) is 13.5. The molecule has 4 aromatic rings. The van der Waals surface area contributed by atoms with Gasteiger partial charge in [0, 0.05) is 54.9 Å². The van der Waals surface area contributed by atoms with Gasteiger partial charge < -0.3 is 9.13 Å². The van der Waals surface area contributed by atoms with Crippen molar-refractivity contribution in [2.45, 2.75) is 12.3 Å². The average Bonchev–Trinajstić information content (AvgIpc) is 3.28. The smallest absolute Gasteiger partial charge is 0.237 e. The minimum absolute atomic E-state index is 0.120. The maximum atomic E-state index is 12.9. The van der Waals surface area contributed by atoms with Crippen LogP contribution in [0.4, 0.5) is 0 Å². The van der Waals surface area contributed by atoms with Crippen LogP contribution in [0.2, 0.25) is 0 Å². The quantitative estimate of drug-likeness (QED) is 0.503. The number of likely N-dealkylation sites (tertiary alicyclic amines) is 1. The van der Waals surface area contributed by atoms with Gasteiger partial charge in [-0.05, 0) is 18.2 Å². The summed E-state index contributed by atoms with van der Waals surface area (Å²) in [4.78, 5) is 26.4. The summed E-state index contributed by atoms with van der Waals surface area (Å²) in [6, 6.07) is 18.5. The molecule has 5 rings (SSSR count). The van der Waals surface area contributed by atoms with Gasteiger partial charge >= 0.3 is 0 Å². The van der Waals surface area contributed by atoms with Gasteiger partial charge in [0.05, 0.1) is 17.3 Å². The molecule has 0 radical (unpaired) electrons. The molecule has 0 spiro atoms. The van der Waals surface area contributed by atoms with Crippen LogP contribution < -0.4 is 0 Å². The highest BCUT2D eigenvalue weighted by Crippen LogP contribution is 2.43. The Hall–Kier alpha value is -3.34. The molecule has 28 heavy (non-hydrogen) atoms. The molecule has 1 unspecified atom stereocenters. The molecule has 2 aromatic heterocycles. The fourth-order valence-corrected chi connectivity index (χ4v) is 4.58. The number of fused-ring (bicyclic) bond motifs is 2. The summed E-state index contributed by atoms with van der Waals surface area (Å²) in [6.45, 7) is 0. The summed E-state index contributed by atoms with van der Waals surface area (Å²) in [7, 11) is 5.66. The molecule has 1 aliphatic heterocycles. The molecule has 5 heteroatoms. The lowest BCUT2D eigenvalue weighted by atomic mass is 9.93. The Kier molecular flexibility index (Phi) is 3.50. The van der Waals surface area contributed by atoms with Gasteiger partial charge in [-0.3, -0.25) is 14.5 Å². The Bertz CT molecular complexity index is 1280. The van der Waals surface area contributed by atoms with Gasteiger partial charge in [-0.1, -0.05) is 36.4 Å². The zero-order valence-corrected chi connectivity index (χ0v) is 16.1. The fourth-order valence-electron chi connectivity index (χ4n) is 4.58. The Labute approximate surface area is 162 Å². The first-order valence-corrected chi connectivity index (χ1v) is 9.41. The maximum Gasteiger partial charge on any atom is 0.237 e. The van der Waals surface area contributed by atoms with Crippen LogP contribution in [0.25, 0.3) is 33.2 Å². The van der Waals surface area contributed by atoms with E-state index in [2.05, 4.69) is 33.4 Å². The van der Waals surface area contributed by atoms with E-state index in [0.29, 0.717) is 0 Å². The topological polar surface area (TPSA) is 47.2 Å². The number of carbonyl (C=O) groups is 2. The molecule has 0 N–H and O–H groups in total. The minimum Gasteiger partial charge on any atom is -0.342 e. The zero-order chi connectivity index (χ0) is 19.6. The van der Waals surface area contributed by atoms with Crippen molar-refractivity contribution in [3.05, 3.63) is 60.2 Å². The monoisotopic (exact) mass is 371 g/mol. The Morgan fingerprint density at radius 1 is 0.857 bits per heavy atom. The van der Waals surface area contributed by atoms with Gasteiger partial charge in [0.1, 0.15) is 0 Å². The van der Waals surface area contributed by atoms with E-state index in [1.165, 1.54) is 4.90 Å². The highest BCUT2D eigenvalue weighted by molar-refractivity contribution is 6.09. The molecule has 1 atom stereocenters. The van der Waals surface area contributed by atoms with E-state index in [9.17, 15) is 9.59 Å². The highest BCUT2D eigenvalue weighted by atomic mass is 16.2. The number of amides is 2. The molecule has 1 saturated heterocycles. The highest BCUT2D eigenvalue weighted by Gasteiger charge is 2.40. The predicted octanol–water partition coefficient (Wildman–Crippen LogP) is 3.81. The summed E-state index contributed by atoms with van der Waals surface area (Å²) in [5, 5.41) is 2.19. The van der Waals surface area contributed by atoms with Crippen molar-refractivity contribution in [3.63, 3.8) is 0 Å². The van der Waals surface area contributed by atoms with Crippen molar-refractivity contribution < 1.29 is 9.59 Å². The number of rotatable bonds is 2. The van der Waals surface area contributed by atoms with Crippen LogP contribution in [0, 0.1) is 0 Å². The molecule has 0 bridgehead atoms. The maximum absolute atomic E-state index is 12.9. The Morgan fingerprint density at radius 2 is 1.54 bits per heavy atom. The normalized spacial score (nSPS) is 17.4. The van der Waals surface area contributed by atoms with Gasteiger partial charge in [-0.25, -0.2) is 0 Å². The summed E-state index contributed by atoms with van der Waals surface area (Å²) in [5.41, 5.74) is 5.20. The number of aromatic nitrogens is 2. The molecule has 0 saturated carbocycles. The zero-order valence-electron chi connectivity index (χ0n) is 16.1. The number of aryl methyl sites for hydroxylation is 2. The second-order valence-electron chi connectivity index (χ2n) is 7.53. The van der Waals surface area contributed by atoms with Crippen molar-refractivity contribution in [1.29, 1.82) is 0 Å². The van der Waals surface area contributed by atoms with E-state index >= 15 is 0 Å². The van der Waals surface area contributed by atoms with Crippen molar-refractivity contribution in [3.8, 4) is 11.4 Å². The summed E-state index contributed by atoms with van der Waals surface area (Å²) in [6.07, 6.45) is 0.223. The average molecular weight is 371 g/mol. The third-order valence-electron chi connectivity index (χ3n) is 6.07. The summed E-state index contributed by atoms with van der Waals surface area (Å²) in [5.74, 6) is -0.691. The molecule has 5 nitrogen and oxygen atoms in total. The van der Waals surface area contributed by atoms with Gasteiger partial charge in [0.2, 0.25) is 11.8 Å². The lowest BCUT2D eigenvalue weighted by Gasteiger charge is -2.14. The van der Waals surface area contributed by atoms with Gasteiger partial charge in [0.15, 0.2) is 0 Å². The number of likely N-dealkylation sites (N-methyl/N-ethyl adjacent to an activating group) is 1. The molecule has 3 heterocycles. The molecule has 2 aromatic carbocycles. The number of hydrogen-bond acceptors (Lipinski definition) is 2. The van der Waals surface area contributed by atoms with E-state index < -0.39 is 5.92 Å². The number of benzene rings is 2. The van der Waals surface area contributed by atoms with Crippen LogP contribution in [0.15, 0.2) is 54.6 Å². The SMILES string of the molecule is CN1C(=O)CC(c2c(-c3cc4ccccc4n3C)n(C)c3ccccc23)C1=O. The van der Waals surface area contributed by atoms with E-state index in [0.717, 1.165) is 38.8 Å². The third-order valence-corrected chi connectivity index (χ3v) is 6.07. The van der Waals surface area contributed by atoms with Crippen molar-refractivity contribution in [2.75, 3.05) is 7.05 Å². The minimum atomic E-state index is -0.448. The standard InChI is InChI=1S/C23H21N3O2/c1-24-17-10-6-4-8-14(17)12-19(24)22-21(16-13-20(27)26(3)23(16)28)15-9-5-7-11-18(15)25(22)2/h4-12,16H,13H2,1-3H3. The van der Waals surface area contributed by atoms with Crippen molar-refractivity contribution in [2.24, 2.45) is 14.1 Å².